The molecule has 0 saturated carbocycles. The molecule has 1 atom stereocenters. The third kappa shape index (κ3) is 6.07. The van der Waals surface area contributed by atoms with Gasteiger partial charge in [-0.05, 0) is 31.2 Å². The van der Waals surface area contributed by atoms with E-state index in [2.05, 4.69) is 14.8 Å². The van der Waals surface area contributed by atoms with E-state index in [0.717, 1.165) is 0 Å². The van der Waals surface area contributed by atoms with Gasteiger partial charge in [0.15, 0.2) is 9.84 Å². The van der Waals surface area contributed by atoms with E-state index in [0.29, 0.717) is 12.3 Å². The van der Waals surface area contributed by atoms with Crippen molar-refractivity contribution in [2.45, 2.75) is 31.3 Å². The van der Waals surface area contributed by atoms with Crippen LogP contribution in [-0.4, -0.2) is 55.8 Å². The van der Waals surface area contributed by atoms with Crippen molar-refractivity contribution >= 4 is 19.9 Å². The first-order valence-corrected chi connectivity index (χ1v) is 11.3. The molecule has 9 nitrogen and oxygen atoms in total. The minimum Gasteiger partial charge on any atom is -0.493 e. The molecule has 0 aliphatic carbocycles. The zero-order valence-electron chi connectivity index (χ0n) is 14.6. The molecule has 0 aliphatic rings. The summed E-state index contributed by atoms with van der Waals surface area (Å²) in [7, 11) is -6.79. The zero-order valence-corrected chi connectivity index (χ0v) is 16.2. The average molecular weight is 402 g/mol. The van der Waals surface area contributed by atoms with Gasteiger partial charge in [-0.25, -0.2) is 26.5 Å². The maximum atomic E-state index is 12.4. The third-order valence-electron chi connectivity index (χ3n) is 3.52. The number of benzene rings is 1. The van der Waals surface area contributed by atoms with Crippen LogP contribution in [-0.2, 0) is 26.4 Å². The summed E-state index contributed by atoms with van der Waals surface area (Å²) in [6, 6.07) is 5.43. The SMILES string of the molecule is CCS(=O)(=O)CCOc1ccc(S(=O)(=O)NC(C)Cn2cncn2)cc1. The molecule has 1 aromatic carbocycles. The fourth-order valence-electron chi connectivity index (χ4n) is 2.12. The van der Waals surface area contributed by atoms with E-state index in [1.807, 2.05) is 0 Å². The van der Waals surface area contributed by atoms with E-state index in [-0.39, 0.29) is 29.0 Å². The van der Waals surface area contributed by atoms with Crippen molar-refractivity contribution in [3.8, 4) is 5.75 Å². The molecule has 1 unspecified atom stereocenters. The van der Waals surface area contributed by atoms with Crippen molar-refractivity contribution < 1.29 is 21.6 Å². The van der Waals surface area contributed by atoms with Crippen molar-refractivity contribution in [1.82, 2.24) is 19.5 Å². The number of rotatable bonds is 10. The lowest BCUT2D eigenvalue weighted by atomic mass is 10.3. The Bertz CT molecular complexity index is 894. The van der Waals surface area contributed by atoms with Crippen molar-refractivity contribution in [1.29, 1.82) is 0 Å². The molecule has 1 heterocycles. The smallest absolute Gasteiger partial charge is 0.240 e. The Morgan fingerprint density at radius 2 is 1.88 bits per heavy atom. The Morgan fingerprint density at radius 1 is 1.19 bits per heavy atom. The molecule has 26 heavy (non-hydrogen) atoms. The van der Waals surface area contributed by atoms with Gasteiger partial charge in [0, 0.05) is 11.8 Å². The second-order valence-corrected chi connectivity index (χ2v) is 9.88. The van der Waals surface area contributed by atoms with Crippen LogP contribution in [0.2, 0.25) is 0 Å². The Morgan fingerprint density at radius 3 is 2.46 bits per heavy atom. The van der Waals surface area contributed by atoms with Crippen LogP contribution in [0.3, 0.4) is 0 Å². The Balaban J connectivity index is 1.93. The molecule has 0 spiro atoms. The van der Waals surface area contributed by atoms with Gasteiger partial charge in [0.25, 0.3) is 0 Å². The van der Waals surface area contributed by atoms with E-state index < -0.39 is 19.9 Å². The monoisotopic (exact) mass is 402 g/mol. The fraction of sp³-hybridized carbons (Fsp3) is 0.467. The molecular formula is C15H22N4O5S2. The number of sulfone groups is 1. The van der Waals surface area contributed by atoms with Crippen molar-refractivity contribution in [2.75, 3.05) is 18.1 Å². The molecule has 0 bridgehead atoms. The highest BCUT2D eigenvalue weighted by molar-refractivity contribution is 7.91. The van der Waals surface area contributed by atoms with Crippen LogP contribution in [0.15, 0.2) is 41.8 Å². The highest BCUT2D eigenvalue weighted by atomic mass is 32.2. The number of nitrogens with zero attached hydrogens (tertiary/aromatic N) is 3. The molecule has 144 valence electrons. The third-order valence-corrected chi connectivity index (χ3v) is 6.79. The van der Waals surface area contributed by atoms with Gasteiger partial charge >= 0.3 is 0 Å². The standard InChI is InChI=1S/C15H22N4O5S2/c1-3-25(20,21)9-8-24-14-4-6-15(7-5-14)26(22,23)18-13(2)10-19-12-16-11-17-19/h4-7,11-13,18H,3,8-10H2,1-2H3. The Hall–Kier alpha value is -1.98. The Labute approximate surface area is 153 Å². The molecule has 2 rings (SSSR count). The fourth-order valence-corrected chi connectivity index (χ4v) is 3.98. The van der Waals surface area contributed by atoms with Gasteiger partial charge in [-0.15, -0.1) is 0 Å². The van der Waals surface area contributed by atoms with Gasteiger partial charge in [-0.1, -0.05) is 6.92 Å². The van der Waals surface area contributed by atoms with Crippen LogP contribution < -0.4 is 9.46 Å². The van der Waals surface area contributed by atoms with Crippen LogP contribution in [0.5, 0.6) is 5.75 Å². The second kappa shape index (κ2) is 8.60. The summed E-state index contributed by atoms with van der Waals surface area (Å²) >= 11 is 0. The first-order valence-electron chi connectivity index (χ1n) is 8.00. The lowest BCUT2D eigenvalue weighted by Crippen LogP contribution is -2.35. The van der Waals surface area contributed by atoms with Gasteiger partial charge in [0.2, 0.25) is 10.0 Å². The average Bonchev–Trinajstić information content (AvgIpc) is 3.07. The van der Waals surface area contributed by atoms with Crippen LogP contribution in [0.4, 0.5) is 0 Å². The van der Waals surface area contributed by atoms with Gasteiger partial charge < -0.3 is 4.74 Å². The Kier molecular flexibility index (Phi) is 6.73. The van der Waals surface area contributed by atoms with Crippen LogP contribution in [0, 0.1) is 0 Å². The molecule has 0 amide bonds. The molecule has 0 fully saturated rings. The maximum absolute atomic E-state index is 12.4. The number of hydrogen-bond donors (Lipinski definition) is 1. The lowest BCUT2D eigenvalue weighted by molar-refractivity contribution is 0.340. The number of nitrogens with one attached hydrogen (secondary N) is 1. The summed E-state index contributed by atoms with van der Waals surface area (Å²) in [5.74, 6) is 0.391. The summed E-state index contributed by atoms with van der Waals surface area (Å²) in [6.45, 7) is 3.68. The van der Waals surface area contributed by atoms with Crippen molar-refractivity contribution in [2.24, 2.45) is 0 Å². The summed E-state index contributed by atoms with van der Waals surface area (Å²) in [4.78, 5) is 3.90. The van der Waals surface area contributed by atoms with E-state index in [4.69, 9.17) is 4.74 Å². The molecule has 0 saturated heterocycles. The van der Waals surface area contributed by atoms with Gasteiger partial charge in [-0.2, -0.15) is 5.10 Å². The van der Waals surface area contributed by atoms with E-state index in [1.165, 1.54) is 41.6 Å². The normalized spacial score (nSPS) is 13.5. The van der Waals surface area contributed by atoms with Crippen molar-refractivity contribution in [3.63, 3.8) is 0 Å². The number of sulfonamides is 1. The minimum absolute atomic E-state index is 0.0233. The summed E-state index contributed by atoms with van der Waals surface area (Å²) < 4.78 is 57.1. The van der Waals surface area contributed by atoms with Crippen molar-refractivity contribution in [3.05, 3.63) is 36.9 Å². The predicted octanol–water partition coefficient (Wildman–Crippen LogP) is 0.459. The van der Waals surface area contributed by atoms with E-state index >= 15 is 0 Å². The minimum atomic E-state index is -3.69. The van der Waals surface area contributed by atoms with Gasteiger partial charge in [-0.3, -0.25) is 4.68 Å². The number of hydrogen-bond acceptors (Lipinski definition) is 7. The first-order chi connectivity index (χ1) is 12.2. The molecule has 1 N–H and O–H groups in total. The summed E-state index contributed by atoms with van der Waals surface area (Å²) in [6.07, 6.45) is 2.89. The largest absolute Gasteiger partial charge is 0.493 e. The quantitative estimate of drug-likeness (QED) is 0.613. The van der Waals surface area contributed by atoms with Gasteiger partial charge in [0.05, 0.1) is 17.2 Å². The highest BCUT2D eigenvalue weighted by Crippen LogP contribution is 2.16. The number of ether oxygens (including phenoxy) is 1. The van der Waals surface area contributed by atoms with Crippen LogP contribution in [0.1, 0.15) is 13.8 Å². The topological polar surface area (TPSA) is 120 Å². The van der Waals surface area contributed by atoms with Crippen LogP contribution >= 0.6 is 0 Å². The number of aromatic nitrogens is 3. The summed E-state index contributed by atoms with van der Waals surface area (Å²) in [5, 5.41) is 3.93. The predicted molar refractivity (Wildman–Crippen MR) is 96.1 cm³/mol. The molecule has 2 aromatic rings. The molecular weight excluding hydrogens is 380 g/mol. The molecule has 0 radical (unpaired) electrons. The highest BCUT2D eigenvalue weighted by Gasteiger charge is 2.18. The lowest BCUT2D eigenvalue weighted by Gasteiger charge is -2.14. The zero-order chi connectivity index (χ0) is 19.2. The molecule has 0 aliphatic heterocycles. The maximum Gasteiger partial charge on any atom is 0.240 e. The van der Waals surface area contributed by atoms with Crippen LogP contribution in [0.25, 0.3) is 0 Å². The van der Waals surface area contributed by atoms with E-state index in [9.17, 15) is 16.8 Å². The second-order valence-electron chi connectivity index (χ2n) is 5.70. The molecule has 11 heteroatoms. The first kappa shape index (κ1) is 20.3. The summed E-state index contributed by atoms with van der Waals surface area (Å²) in [5.41, 5.74) is 0. The molecule has 1 aromatic heterocycles. The van der Waals surface area contributed by atoms with Gasteiger partial charge in [0.1, 0.15) is 25.0 Å². The van der Waals surface area contributed by atoms with E-state index in [1.54, 1.807) is 13.8 Å².